The Balaban J connectivity index is 2.02. The molecular formula is C20H18N4O2. The third-order valence-electron chi connectivity index (χ3n) is 4.44. The van der Waals surface area contributed by atoms with Crippen molar-refractivity contribution < 1.29 is 4.79 Å². The van der Waals surface area contributed by atoms with Crippen LogP contribution in [0, 0.1) is 6.92 Å². The van der Waals surface area contributed by atoms with E-state index in [9.17, 15) is 9.59 Å². The molecule has 0 unspecified atom stereocenters. The van der Waals surface area contributed by atoms with Gasteiger partial charge >= 0.3 is 0 Å². The molecule has 2 aromatic carbocycles. The molecule has 4 aromatic rings. The van der Waals surface area contributed by atoms with Crippen molar-refractivity contribution in [2.45, 2.75) is 6.92 Å². The van der Waals surface area contributed by atoms with E-state index in [0.717, 1.165) is 16.6 Å². The molecule has 0 fully saturated rings. The number of carbonyl (C=O) groups excluding carboxylic acids is 1. The molecule has 26 heavy (non-hydrogen) atoms. The van der Waals surface area contributed by atoms with E-state index in [1.807, 2.05) is 41.7 Å². The summed E-state index contributed by atoms with van der Waals surface area (Å²) < 4.78 is 1.84. The molecular weight excluding hydrogens is 328 g/mol. The third-order valence-corrected chi connectivity index (χ3v) is 4.44. The number of carbonyl (C=O) groups is 1. The standard InChI is InChI=1S/C20H18N4O2/c1-12-4-6-13(7-5-12)18-21-11-17-19(25)22-15-10-14(20(26)23(2)3)8-9-16(15)24(17)18/h4-11H,1-3H3,(H,22,25). The van der Waals surface area contributed by atoms with Crippen molar-refractivity contribution >= 4 is 22.5 Å². The van der Waals surface area contributed by atoms with Crippen LogP contribution in [0.1, 0.15) is 15.9 Å². The van der Waals surface area contributed by atoms with Crippen LogP contribution < -0.4 is 5.56 Å². The first-order valence-corrected chi connectivity index (χ1v) is 8.28. The minimum atomic E-state index is -0.238. The van der Waals surface area contributed by atoms with Crippen LogP contribution in [0.3, 0.4) is 0 Å². The molecule has 0 radical (unpaired) electrons. The number of aryl methyl sites for hydroxylation is 1. The molecule has 0 aliphatic rings. The van der Waals surface area contributed by atoms with Crippen molar-refractivity contribution in [3.63, 3.8) is 0 Å². The summed E-state index contributed by atoms with van der Waals surface area (Å²) >= 11 is 0. The van der Waals surface area contributed by atoms with E-state index in [-0.39, 0.29) is 11.5 Å². The number of aromatic nitrogens is 3. The molecule has 0 aliphatic heterocycles. The number of hydrogen-bond donors (Lipinski definition) is 1. The number of rotatable bonds is 2. The number of fused-ring (bicyclic) bond motifs is 3. The highest BCUT2D eigenvalue weighted by molar-refractivity contribution is 5.97. The smallest absolute Gasteiger partial charge is 0.274 e. The molecule has 0 aliphatic carbocycles. The average Bonchev–Trinajstić information content (AvgIpc) is 3.07. The number of nitrogens with zero attached hydrogens (tertiary/aromatic N) is 3. The van der Waals surface area contributed by atoms with Gasteiger partial charge in [-0.2, -0.15) is 0 Å². The average molecular weight is 346 g/mol. The van der Waals surface area contributed by atoms with Gasteiger partial charge in [0.25, 0.3) is 11.5 Å². The second-order valence-electron chi connectivity index (χ2n) is 6.55. The zero-order valence-corrected chi connectivity index (χ0v) is 14.8. The lowest BCUT2D eigenvalue weighted by molar-refractivity contribution is 0.0827. The van der Waals surface area contributed by atoms with Crippen molar-refractivity contribution in [3.05, 3.63) is 70.1 Å². The summed E-state index contributed by atoms with van der Waals surface area (Å²) in [6.45, 7) is 2.02. The van der Waals surface area contributed by atoms with Gasteiger partial charge in [0.2, 0.25) is 0 Å². The minimum Gasteiger partial charge on any atom is -0.345 e. The van der Waals surface area contributed by atoms with Crippen LogP contribution in [0.15, 0.2) is 53.5 Å². The van der Waals surface area contributed by atoms with E-state index < -0.39 is 0 Å². The van der Waals surface area contributed by atoms with Crippen molar-refractivity contribution in [2.24, 2.45) is 0 Å². The summed E-state index contributed by atoms with van der Waals surface area (Å²) in [7, 11) is 3.40. The number of H-pyrrole nitrogens is 1. The van der Waals surface area contributed by atoms with E-state index in [1.165, 1.54) is 4.90 Å². The SMILES string of the molecule is Cc1ccc(-c2ncc3c(=O)[nH]c4cc(C(=O)N(C)C)ccc4n23)cc1. The van der Waals surface area contributed by atoms with Gasteiger partial charge in [0.1, 0.15) is 11.3 Å². The van der Waals surface area contributed by atoms with Crippen LogP contribution in [0.5, 0.6) is 0 Å². The molecule has 2 aromatic heterocycles. The monoisotopic (exact) mass is 346 g/mol. The molecule has 1 amide bonds. The van der Waals surface area contributed by atoms with Crippen LogP contribution in [0.2, 0.25) is 0 Å². The zero-order valence-electron chi connectivity index (χ0n) is 14.8. The van der Waals surface area contributed by atoms with Crippen molar-refractivity contribution in [3.8, 4) is 11.4 Å². The second kappa shape index (κ2) is 5.84. The van der Waals surface area contributed by atoms with Gasteiger partial charge in [0.05, 0.1) is 17.2 Å². The van der Waals surface area contributed by atoms with Gasteiger partial charge in [-0.3, -0.25) is 14.0 Å². The van der Waals surface area contributed by atoms with E-state index in [4.69, 9.17) is 0 Å². The fourth-order valence-corrected chi connectivity index (χ4v) is 3.07. The maximum Gasteiger partial charge on any atom is 0.274 e. The number of hydrogen-bond acceptors (Lipinski definition) is 3. The number of nitrogens with one attached hydrogen (secondary N) is 1. The topological polar surface area (TPSA) is 70.5 Å². The highest BCUT2D eigenvalue weighted by atomic mass is 16.2. The highest BCUT2D eigenvalue weighted by Crippen LogP contribution is 2.23. The molecule has 0 saturated heterocycles. The number of benzene rings is 2. The molecule has 0 spiro atoms. The number of aromatic amines is 1. The zero-order chi connectivity index (χ0) is 18.4. The third kappa shape index (κ3) is 2.47. The quantitative estimate of drug-likeness (QED) is 0.607. The van der Waals surface area contributed by atoms with Crippen molar-refractivity contribution in [2.75, 3.05) is 14.1 Å². The molecule has 4 rings (SSSR count). The number of imidazole rings is 1. The van der Waals surface area contributed by atoms with Gasteiger partial charge < -0.3 is 9.88 Å². The normalized spacial score (nSPS) is 11.2. The van der Waals surface area contributed by atoms with Gasteiger partial charge in [-0.15, -0.1) is 0 Å². The fourth-order valence-electron chi connectivity index (χ4n) is 3.07. The molecule has 6 heteroatoms. The molecule has 0 saturated carbocycles. The van der Waals surface area contributed by atoms with Gasteiger partial charge in [0.15, 0.2) is 0 Å². The van der Waals surface area contributed by atoms with E-state index in [0.29, 0.717) is 22.4 Å². The Labute approximate surface area is 149 Å². The number of amides is 1. The van der Waals surface area contributed by atoms with Gasteiger partial charge in [0, 0.05) is 25.2 Å². The Bertz CT molecular complexity index is 1200. The van der Waals surface area contributed by atoms with Crippen LogP contribution in [0.4, 0.5) is 0 Å². The Morgan fingerprint density at radius 3 is 2.50 bits per heavy atom. The largest absolute Gasteiger partial charge is 0.345 e. The molecule has 130 valence electrons. The van der Waals surface area contributed by atoms with Gasteiger partial charge in [-0.25, -0.2) is 4.98 Å². The first kappa shape index (κ1) is 16.1. The maximum absolute atomic E-state index is 12.5. The molecule has 0 atom stereocenters. The molecule has 0 bridgehead atoms. The highest BCUT2D eigenvalue weighted by Gasteiger charge is 2.15. The predicted molar refractivity (Wildman–Crippen MR) is 102 cm³/mol. The van der Waals surface area contributed by atoms with Gasteiger partial charge in [-0.1, -0.05) is 29.8 Å². The Morgan fingerprint density at radius 1 is 1.08 bits per heavy atom. The molecule has 1 N–H and O–H groups in total. The predicted octanol–water partition coefficient (Wildman–Crippen LogP) is 2.85. The summed E-state index contributed by atoms with van der Waals surface area (Å²) in [5.41, 5.74) is 4.23. The minimum absolute atomic E-state index is 0.114. The van der Waals surface area contributed by atoms with Crippen LogP contribution >= 0.6 is 0 Å². The van der Waals surface area contributed by atoms with Crippen LogP contribution in [-0.4, -0.2) is 39.3 Å². The Morgan fingerprint density at radius 2 is 1.81 bits per heavy atom. The maximum atomic E-state index is 12.5. The first-order chi connectivity index (χ1) is 12.5. The van der Waals surface area contributed by atoms with Crippen LogP contribution in [0.25, 0.3) is 27.9 Å². The van der Waals surface area contributed by atoms with E-state index in [2.05, 4.69) is 9.97 Å². The fraction of sp³-hybridized carbons (Fsp3) is 0.150. The Kier molecular flexibility index (Phi) is 3.61. The Hall–Kier alpha value is -3.41. The lowest BCUT2D eigenvalue weighted by Crippen LogP contribution is -2.21. The lowest BCUT2D eigenvalue weighted by atomic mass is 10.1. The summed E-state index contributed by atoms with van der Waals surface area (Å²) in [5, 5.41) is 0. The molecule has 2 heterocycles. The first-order valence-electron chi connectivity index (χ1n) is 8.28. The summed E-state index contributed by atoms with van der Waals surface area (Å²) in [4.78, 5) is 33.5. The van der Waals surface area contributed by atoms with Crippen LogP contribution in [-0.2, 0) is 0 Å². The van der Waals surface area contributed by atoms with Gasteiger partial charge in [-0.05, 0) is 25.1 Å². The van der Waals surface area contributed by atoms with E-state index in [1.54, 1.807) is 32.4 Å². The second-order valence-corrected chi connectivity index (χ2v) is 6.55. The summed E-state index contributed by atoms with van der Waals surface area (Å²) in [6.07, 6.45) is 1.58. The van der Waals surface area contributed by atoms with Crippen molar-refractivity contribution in [1.29, 1.82) is 0 Å². The van der Waals surface area contributed by atoms with Crippen molar-refractivity contribution in [1.82, 2.24) is 19.3 Å². The van der Waals surface area contributed by atoms with E-state index >= 15 is 0 Å². The summed E-state index contributed by atoms with van der Waals surface area (Å²) in [6, 6.07) is 13.3. The lowest BCUT2D eigenvalue weighted by Gasteiger charge is -2.12. The molecule has 6 nitrogen and oxygen atoms in total. The summed E-state index contributed by atoms with van der Waals surface area (Å²) in [5.74, 6) is 0.583.